The fourth-order valence-corrected chi connectivity index (χ4v) is 6.81. The number of nitro groups is 1. The number of hydrogen-bond acceptors (Lipinski definition) is 11. The van der Waals surface area contributed by atoms with E-state index in [-0.39, 0.29) is 49.6 Å². The standard InChI is InChI=1S/C30H40N3O9P/c1-22-27(30(34)40-15-14-32(3)21-24-10-7-6-8-11-24)28(25-12-9-13-26(20-25)33(35)36)29(23(2)31-22)43(37,41-18-16-38-4)42-19-17-39-5/h6-13,20,28,31H,14-19,21H2,1-5H3. The van der Waals surface area contributed by atoms with E-state index >= 15 is 0 Å². The highest BCUT2D eigenvalue weighted by Crippen LogP contribution is 2.64. The number of dihydropyridines is 1. The van der Waals surface area contributed by atoms with E-state index in [0.717, 1.165) is 5.56 Å². The zero-order valence-corrected chi connectivity index (χ0v) is 26.1. The van der Waals surface area contributed by atoms with Crippen LogP contribution >= 0.6 is 7.60 Å². The van der Waals surface area contributed by atoms with Crippen LogP contribution in [0.1, 0.15) is 30.9 Å². The van der Waals surface area contributed by atoms with Crippen molar-refractivity contribution in [3.63, 3.8) is 0 Å². The quantitative estimate of drug-likeness (QED) is 0.0845. The molecule has 1 heterocycles. The largest absolute Gasteiger partial charge is 0.461 e. The van der Waals surface area contributed by atoms with E-state index < -0.39 is 24.4 Å². The Morgan fingerprint density at radius 1 is 0.953 bits per heavy atom. The Hall–Kier alpha value is -3.38. The molecule has 3 rings (SSSR count). The van der Waals surface area contributed by atoms with Crippen LogP contribution in [0.5, 0.6) is 0 Å². The summed E-state index contributed by atoms with van der Waals surface area (Å²) in [5.41, 5.74) is 2.35. The molecule has 2 aromatic rings. The molecule has 0 saturated carbocycles. The Bertz CT molecular complexity index is 1350. The van der Waals surface area contributed by atoms with Crippen molar-refractivity contribution in [1.82, 2.24) is 10.2 Å². The monoisotopic (exact) mass is 617 g/mol. The number of carbonyl (C=O) groups is 1. The number of rotatable bonds is 17. The van der Waals surface area contributed by atoms with E-state index in [1.807, 2.05) is 42.3 Å². The smallest absolute Gasteiger partial charge is 0.360 e. The number of hydrogen-bond donors (Lipinski definition) is 1. The highest BCUT2D eigenvalue weighted by atomic mass is 31.2. The zero-order valence-electron chi connectivity index (χ0n) is 25.2. The number of allylic oxidation sites excluding steroid dienone is 3. The summed E-state index contributed by atoms with van der Waals surface area (Å²) in [6.07, 6.45) is 0. The van der Waals surface area contributed by atoms with Crippen molar-refractivity contribution < 1.29 is 37.5 Å². The number of carbonyl (C=O) groups excluding carboxylic acids is 1. The molecule has 1 aliphatic heterocycles. The first-order valence-corrected chi connectivity index (χ1v) is 15.4. The van der Waals surface area contributed by atoms with Crippen LogP contribution in [0.2, 0.25) is 0 Å². The summed E-state index contributed by atoms with van der Waals surface area (Å²) in [5.74, 6) is -1.67. The third kappa shape index (κ3) is 9.30. The van der Waals surface area contributed by atoms with Gasteiger partial charge in [0.15, 0.2) is 0 Å². The first-order chi connectivity index (χ1) is 20.6. The van der Waals surface area contributed by atoms with Gasteiger partial charge >= 0.3 is 13.6 Å². The van der Waals surface area contributed by atoms with Crippen LogP contribution in [0.3, 0.4) is 0 Å². The number of nitro benzene ring substituents is 1. The van der Waals surface area contributed by atoms with Crippen molar-refractivity contribution in [1.29, 1.82) is 0 Å². The lowest BCUT2D eigenvalue weighted by atomic mass is 9.86. The normalized spacial score (nSPS) is 15.5. The minimum atomic E-state index is -4.12. The van der Waals surface area contributed by atoms with Gasteiger partial charge < -0.3 is 28.6 Å². The summed E-state index contributed by atoms with van der Waals surface area (Å²) in [5, 5.41) is 15.0. The van der Waals surface area contributed by atoms with Crippen LogP contribution in [0, 0.1) is 10.1 Å². The van der Waals surface area contributed by atoms with Gasteiger partial charge in [-0.3, -0.25) is 19.6 Å². The van der Waals surface area contributed by atoms with Crippen LogP contribution in [0.4, 0.5) is 5.69 Å². The Morgan fingerprint density at radius 3 is 2.21 bits per heavy atom. The Labute approximate surface area is 252 Å². The topological polar surface area (TPSA) is 139 Å². The van der Waals surface area contributed by atoms with Gasteiger partial charge in [-0.1, -0.05) is 42.5 Å². The number of methoxy groups -OCH3 is 2. The molecule has 12 nitrogen and oxygen atoms in total. The van der Waals surface area contributed by atoms with Crippen molar-refractivity contribution in [2.24, 2.45) is 0 Å². The Kier molecular flexibility index (Phi) is 13.1. The SMILES string of the molecule is COCCOP(=O)(OCCOC)C1=C(C)NC(C)=C(C(=O)OCCN(C)Cc2ccccc2)C1c1cccc([N+](=O)[O-])c1. The molecule has 1 N–H and O–H groups in total. The molecule has 1 unspecified atom stereocenters. The average Bonchev–Trinajstić information content (AvgIpc) is 2.97. The number of nitrogens with one attached hydrogen (secondary N) is 1. The summed E-state index contributed by atoms with van der Waals surface area (Å²) >= 11 is 0. The summed E-state index contributed by atoms with van der Waals surface area (Å²) in [6, 6.07) is 15.8. The van der Waals surface area contributed by atoms with E-state index in [9.17, 15) is 19.5 Å². The summed E-state index contributed by atoms with van der Waals surface area (Å²) in [7, 11) is 0.772. The zero-order chi connectivity index (χ0) is 31.4. The summed E-state index contributed by atoms with van der Waals surface area (Å²) < 4.78 is 42.1. The van der Waals surface area contributed by atoms with Crippen molar-refractivity contribution in [3.8, 4) is 0 Å². The Balaban J connectivity index is 1.97. The van der Waals surface area contributed by atoms with Crippen molar-refractivity contribution in [2.45, 2.75) is 26.3 Å². The van der Waals surface area contributed by atoms with Gasteiger partial charge in [-0.2, -0.15) is 0 Å². The van der Waals surface area contributed by atoms with E-state index in [4.69, 9.17) is 23.3 Å². The van der Waals surface area contributed by atoms with E-state index in [0.29, 0.717) is 30.0 Å². The Morgan fingerprint density at radius 2 is 1.60 bits per heavy atom. The van der Waals surface area contributed by atoms with Gasteiger partial charge in [0.2, 0.25) is 0 Å². The van der Waals surface area contributed by atoms with Crippen molar-refractivity contribution >= 4 is 19.3 Å². The van der Waals surface area contributed by atoms with Gasteiger partial charge in [0.25, 0.3) is 5.69 Å². The number of nitrogens with zero attached hydrogens (tertiary/aromatic N) is 2. The molecule has 13 heteroatoms. The predicted octanol–water partition coefficient (Wildman–Crippen LogP) is 4.98. The first kappa shape index (κ1) is 34.1. The van der Waals surface area contributed by atoms with Crippen LogP contribution in [-0.2, 0) is 39.2 Å². The highest BCUT2D eigenvalue weighted by Gasteiger charge is 2.45. The van der Waals surface area contributed by atoms with Crippen molar-refractivity contribution in [3.05, 3.63) is 98.1 Å². The maximum atomic E-state index is 14.5. The average molecular weight is 618 g/mol. The lowest BCUT2D eigenvalue weighted by Crippen LogP contribution is -2.31. The lowest BCUT2D eigenvalue weighted by molar-refractivity contribution is -0.384. The molecule has 0 bridgehead atoms. The van der Waals surface area contributed by atoms with Gasteiger partial charge in [-0.25, -0.2) is 4.79 Å². The second-order valence-electron chi connectivity index (χ2n) is 9.97. The number of benzene rings is 2. The first-order valence-electron chi connectivity index (χ1n) is 13.8. The summed E-state index contributed by atoms with van der Waals surface area (Å²) in [4.78, 5) is 26.9. The number of ether oxygens (including phenoxy) is 3. The lowest BCUT2D eigenvalue weighted by Gasteiger charge is -2.34. The maximum absolute atomic E-state index is 14.5. The molecule has 234 valence electrons. The van der Waals surface area contributed by atoms with E-state index in [1.54, 1.807) is 19.9 Å². The molecule has 0 amide bonds. The highest BCUT2D eigenvalue weighted by molar-refractivity contribution is 7.58. The second kappa shape index (κ2) is 16.5. The fourth-order valence-electron chi connectivity index (χ4n) is 4.76. The van der Waals surface area contributed by atoms with Gasteiger partial charge in [-0.15, -0.1) is 0 Å². The van der Waals surface area contributed by atoms with Crippen LogP contribution in [-0.4, -0.2) is 76.6 Å². The summed E-state index contributed by atoms with van der Waals surface area (Å²) in [6.45, 7) is 4.77. The third-order valence-electron chi connectivity index (χ3n) is 6.75. The predicted molar refractivity (Wildman–Crippen MR) is 161 cm³/mol. The molecule has 0 radical (unpaired) electrons. The van der Waals surface area contributed by atoms with Gasteiger partial charge in [0.1, 0.15) is 6.61 Å². The molecule has 0 spiro atoms. The second-order valence-corrected chi connectivity index (χ2v) is 12.0. The minimum absolute atomic E-state index is 0.0601. The van der Waals surface area contributed by atoms with Crippen LogP contribution in [0.15, 0.2) is 76.9 Å². The van der Waals surface area contributed by atoms with E-state index in [2.05, 4.69) is 5.32 Å². The third-order valence-corrected chi connectivity index (χ3v) is 8.98. The van der Waals surface area contributed by atoms with Crippen LogP contribution < -0.4 is 5.32 Å². The number of likely N-dealkylation sites (N-methyl/N-ethyl adjacent to an activating group) is 1. The van der Waals surface area contributed by atoms with E-state index in [1.165, 1.54) is 32.4 Å². The number of non-ortho nitro benzene ring substituents is 1. The maximum Gasteiger partial charge on any atom is 0.360 e. The molecule has 0 aliphatic carbocycles. The molecule has 0 fully saturated rings. The molecule has 2 aromatic carbocycles. The van der Waals surface area contributed by atoms with Crippen LogP contribution in [0.25, 0.3) is 0 Å². The van der Waals surface area contributed by atoms with Crippen molar-refractivity contribution in [2.75, 3.05) is 60.8 Å². The molecule has 1 aliphatic rings. The fraction of sp³-hybridized carbons (Fsp3) is 0.433. The van der Waals surface area contributed by atoms with Gasteiger partial charge in [0.05, 0.1) is 48.2 Å². The molecule has 1 atom stereocenters. The molecular weight excluding hydrogens is 577 g/mol. The number of esters is 1. The minimum Gasteiger partial charge on any atom is -0.461 e. The molecular formula is C30H40N3O9P. The van der Waals surface area contributed by atoms with Gasteiger partial charge in [0, 0.05) is 50.8 Å². The molecule has 0 saturated heterocycles. The molecule has 43 heavy (non-hydrogen) atoms. The van der Waals surface area contributed by atoms with Gasteiger partial charge in [-0.05, 0) is 32.0 Å². The molecule has 0 aromatic heterocycles.